The van der Waals surface area contributed by atoms with Gasteiger partial charge in [-0.3, -0.25) is 0 Å². The lowest BCUT2D eigenvalue weighted by molar-refractivity contribution is 1.01. The van der Waals surface area contributed by atoms with Gasteiger partial charge in [0.2, 0.25) is 0 Å². The van der Waals surface area contributed by atoms with E-state index < -0.39 is 0 Å². The van der Waals surface area contributed by atoms with E-state index >= 15 is 0 Å². The van der Waals surface area contributed by atoms with E-state index in [-0.39, 0.29) is 0 Å². The first-order valence-corrected chi connectivity index (χ1v) is 7.16. The molecule has 2 nitrogen and oxygen atoms in total. The first-order chi connectivity index (χ1) is 8.22. The van der Waals surface area contributed by atoms with Gasteiger partial charge in [-0.1, -0.05) is 42.5 Å². The van der Waals surface area contributed by atoms with E-state index in [1.54, 1.807) is 11.8 Å². The summed E-state index contributed by atoms with van der Waals surface area (Å²) in [6, 6.07) is 10.2. The Labute approximate surface area is 111 Å². The van der Waals surface area contributed by atoms with Gasteiger partial charge in [-0.25, -0.2) is 4.98 Å². The molecule has 88 valence electrons. The molecule has 0 atom stereocenters. The molecule has 0 bridgehead atoms. The lowest BCUT2D eigenvalue weighted by Gasteiger charge is -2.09. The zero-order chi connectivity index (χ0) is 12.3. The van der Waals surface area contributed by atoms with E-state index in [0.29, 0.717) is 4.64 Å². The van der Waals surface area contributed by atoms with Gasteiger partial charge >= 0.3 is 0 Å². The fraction of sp³-hybridized carbons (Fsp3) is 0.231. The Bertz CT molecular complexity index is 561. The van der Waals surface area contributed by atoms with Crippen molar-refractivity contribution in [3.63, 3.8) is 0 Å². The molecule has 0 amide bonds. The Morgan fingerprint density at radius 3 is 2.65 bits per heavy atom. The molecule has 0 spiro atoms. The molecule has 1 N–H and O–H groups in total. The normalized spacial score (nSPS) is 10.5. The van der Waals surface area contributed by atoms with E-state index in [1.165, 1.54) is 0 Å². The lowest BCUT2D eigenvalue weighted by atomic mass is 10.1. The van der Waals surface area contributed by atoms with Gasteiger partial charge in [-0.15, -0.1) is 0 Å². The summed E-state index contributed by atoms with van der Waals surface area (Å²) in [6.45, 7) is 2.01. The number of rotatable bonds is 3. The second-order valence-corrected chi connectivity index (χ2v) is 5.04. The average molecular weight is 262 g/mol. The van der Waals surface area contributed by atoms with Crippen molar-refractivity contribution < 1.29 is 0 Å². The summed E-state index contributed by atoms with van der Waals surface area (Å²) < 4.78 is 0.687. The number of H-pyrrole nitrogens is 1. The molecular formula is C13H14N2S2. The molecule has 0 saturated carbocycles. The first-order valence-electron chi connectivity index (χ1n) is 5.36. The van der Waals surface area contributed by atoms with Crippen LogP contribution in [0.3, 0.4) is 0 Å². The summed E-state index contributed by atoms with van der Waals surface area (Å²) in [5, 5.41) is 0. The largest absolute Gasteiger partial charge is 0.342 e. The van der Waals surface area contributed by atoms with E-state index in [4.69, 9.17) is 12.2 Å². The summed E-state index contributed by atoms with van der Waals surface area (Å²) in [6.07, 6.45) is 2.06. The molecule has 0 saturated heterocycles. The van der Waals surface area contributed by atoms with Gasteiger partial charge in [0.05, 0.1) is 11.4 Å². The molecule has 17 heavy (non-hydrogen) atoms. The number of hydrogen-bond donors (Lipinski definition) is 1. The Hall–Kier alpha value is -1.13. The number of benzene rings is 1. The molecule has 0 unspecified atom stereocenters. The number of aromatic nitrogens is 2. The maximum atomic E-state index is 5.30. The SMILES string of the molecule is CSCc1nc(=S)c(C)c(-c2ccccc2)[nH]1. The minimum Gasteiger partial charge on any atom is -0.342 e. The number of hydrogen-bond acceptors (Lipinski definition) is 3. The van der Waals surface area contributed by atoms with Crippen LogP contribution >= 0.6 is 24.0 Å². The highest BCUT2D eigenvalue weighted by molar-refractivity contribution is 7.97. The predicted molar refractivity (Wildman–Crippen MR) is 76.8 cm³/mol. The van der Waals surface area contributed by atoms with Crippen molar-refractivity contribution in [3.8, 4) is 11.3 Å². The van der Waals surface area contributed by atoms with Crippen LogP contribution in [0, 0.1) is 11.6 Å². The molecule has 2 aromatic rings. The summed E-state index contributed by atoms with van der Waals surface area (Å²) in [4.78, 5) is 7.76. The van der Waals surface area contributed by atoms with Crippen LogP contribution in [0.2, 0.25) is 0 Å². The van der Waals surface area contributed by atoms with E-state index in [0.717, 1.165) is 28.4 Å². The van der Waals surface area contributed by atoms with Crippen molar-refractivity contribution in [2.24, 2.45) is 0 Å². The van der Waals surface area contributed by atoms with Gasteiger partial charge in [-0.2, -0.15) is 11.8 Å². The summed E-state index contributed by atoms with van der Waals surface area (Å²) in [5.41, 5.74) is 3.27. The van der Waals surface area contributed by atoms with Crippen molar-refractivity contribution in [1.29, 1.82) is 0 Å². The summed E-state index contributed by atoms with van der Waals surface area (Å²) in [5.74, 6) is 1.79. The topological polar surface area (TPSA) is 28.7 Å². The molecule has 1 aromatic carbocycles. The third-order valence-corrected chi connectivity index (χ3v) is 3.50. The second-order valence-electron chi connectivity index (χ2n) is 3.79. The monoisotopic (exact) mass is 262 g/mol. The Kier molecular flexibility index (Phi) is 3.97. The second kappa shape index (κ2) is 5.47. The van der Waals surface area contributed by atoms with Crippen molar-refractivity contribution in [2.45, 2.75) is 12.7 Å². The van der Waals surface area contributed by atoms with Gasteiger partial charge in [0.1, 0.15) is 10.5 Å². The fourth-order valence-electron chi connectivity index (χ4n) is 1.68. The van der Waals surface area contributed by atoms with Gasteiger partial charge in [0, 0.05) is 5.56 Å². The molecular weight excluding hydrogens is 248 g/mol. The Morgan fingerprint density at radius 2 is 2.00 bits per heavy atom. The number of aromatic amines is 1. The van der Waals surface area contributed by atoms with E-state index in [9.17, 15) is 0 Å². The molecule has 1 heterocycles. The van der Waals surface area contributed by atoms with Crippen LogP contribution in [0.15, 0.2) is 30.3 Å². The molecule has 0 radical (unpaired) electrons. The van der Waals surface area contributed by atoms with Crippen molar-refractivity contribution in [1.82, 2.24) is 9.97 Å². The molecule has 1 aromatic heterocycles. The molecule has 0 fully saturated rings. The molecule has 0 aliphatic rings. The van der Waals surface area contributed by atoms with Crippen LogP contribution in [0.5, 0.6) is 0 Å². The van der Waals surface area contributed by atoms with Crippen LogP contribution in [-0.4, -0.2) is 16.2 Å². The number of nitrogens with zero attached hydrogens (tertiary/aromatic N) is 1. The maximum absolute atomic E-state index is 5.30. The van der Waals surface area contributed by atoms with Crippen molar-refractivity contribution >= 4 is 24.0 Å². The highest BCUT2D eigenvalue weighted by Crippen LogP contribution is 2.21. The maximum Gasteiger partial charge on any atom is 0.133 e. The lowest BCUT2D eigenvalue weighted by Crippen LogP contribution is -1.99. The summed E-state index contributed by atoms with van der Waals surface area (Å²) >= 11 is 7.04. The molecule has 4 heteroatoms. The number of thioether (sulfide) groups is 1. The zero-order valence-corrected chi connectivity index (χ0v) is 11.5. The van der Waals surface area contributed by atoms with Crippen molar-refractivity contribution in [3.05, 3.63) is 46.4 Å². The minimum absolute atomic E-state index is 0.687. The van der Waals surface area contributed by atoms with Gasteiger partial charge in [0.25, 0.3) is 0 Å². The standard InChI is InChI=1S/C13H14N2S2/c1-9-12(10-6-4-3-5-7-10)14-11(8-17-2)15-13(9)16/h3-7H,8H2,1-2H3,(H,14,15,16). The molecule has 0 aliphatic carbocycles. The van der Waals surface area contributed by atoms with E-state index in [2.05, 4.69) is 28.4 Å². The third kappa shape index (κ3) is 2.76. The van der Waals surface area contributed by atoms with Crippen molar-refractivity contribution in [2.75, 3.05) is 6.26 Å². The Balaban J connectivity index is 2.57. The zero-order valence-electron chi connectivity index (χ0n) is 9.86. The highest BCUT2D eigenvalue weighted by atomic mass is 32.2. The van der Waals surface area contributed by atoms with Crippen LogP contribution in [0.4, 0.5) is 0 Å². The van der Waals surface area contributed by atoms with Crippen LogP contribution in [0.25, 0.3) is 11.3 Å². The van der Waals surface area contributed by atoms with Crippen LogP contribution in [0.1, 0.15) is 11.4 Å². The first kappa shape index (κ1) is 12.3. The van der Waals surface area contributed by atoms with Crippen LogP contribution < -0.4 is 0 Å². The summed E-state index contributed by atoms with van der Waals surface area (Å²) in [7, 11) is 0. The highest BCUT2D eigenvalue weighted by Gasteiger charge is 2.06. The minimum atomic E-state index is 0.687. The van der Waals surface area contributed by atoms with Gasteiger partial charge in [-0.05, 0) is 18.7 Å². The van der Waals surface area contributed by atoms with Crippen LogP contribution in [-0.2, 0) is 5.75 Å². The van der Waals surface area contributed by atoms with Gasteiger partial charge < -0.3 is 4.98 Å². The molecule has 0 aliphatic heterocycles. The predicted octanol–water partition coefficient (Wildman–Crippen LogP) is 3.98. The smallest absolute Gasteiger partial charge is 0.133 e. The fourth-order valence-corrected chi connectivity index (χ4v) is 2.30. The number of nitrogens with one attached hydrogen (secondary N) is 1. The quantitative estimate of drug-likeness (QED) is 0.848. The van der Waals surface area contributed by atoms with Gasteiger partial charge in [0.15, 0.2) is 0 Å². The van der Waals surface area contributed by atoms with E-state index in [1.807, 2.05) is 25.1 Å². The third-order valence-electron chi connectivity index (χ3n) is 2.55. The molecule has 2 rings (SSSR count). The Morgan fingerprint density at radius 1 is 1.29 bits per heavy atom. The average Bonchev–Trinajstić information content (AvgIpc) is 2.35.